The second-order valence-electron chi connectivity index (χ2n) is 6.07. The monoisotopic (exact) mass is 323 g/mol. The van der Waals surface area contributed by atoms with Gasteiger partial charge in [0.05, 0.1) is 0 Å². The standard InChI is InChI=1S/C15H25N5OS/c1-13(18-5-2-3-6-18)12-17-14(21)19-7-9-20(10-8-19)15-16-4-11-22-15/h4,11,13H,2-3,5-10,12H2,1H3,(H,17,21)/t13-/m0/s1. The van der Waals surface area contributed by atoms with Crippen molar-refractivity contribution in [3.63, 3.8) is 0 Å². The maximum Gasteiger partial charge on any atom is 0.317 e. The van der Waals surface area contributed by atoms with Crippen LogP contribution in [0.1, 0.15) is 19.8 Å². The van der Waals surface area contributed by atoms with Crippen molar-refractivity contribution in [2.75, 3.05) is 50.7 Å². The van der Waals surface area contributed by atoms with E-state index in [9.17, 15) is 4.79 Å². The number of aromatic nitrogens is 1. The molecule has 0 radical (unpaired) electrons. The van der Waals surface area contributed by atoms with Crippen LogP contribution in [-0.2, 0) is 0 Å². The van der Waals surface area contributed by atoms with E-state index in [0.717, 1.165) is 37.9 Å². The summed E-state index contributed by atoms with van der Waals surface area (Å²) in [4.78, 5) is 23.2. The molecular formula is C15H25N5OS. The largest absolute Gasteiger partial charge is 0.345 e. The summed E-state index contributed by atoms with van der Waals surface area (Å²) in [6.07, 6.45) is 4.41. The number of anilines is 1. The number of rotatable bonds is 4. The zero-order chi connectivity index (χ0) is 15.4. The van der Waals surface area contributed by atoms with Gasteiger partial charge in [-0.3, -0.25) is 4.90 Å². The molecule has 6 nitrogen and oxygen atoms in total. The van der Waals surface area contributed by atoms with Crippen molar-refractivity contribution in [2.24, 2.45) is 0 Å². The summed E-state index contributed by atoms with van der Waals surface area (Å²) in [7, 11) is 0. The molecule has 0 unspecified atom stereocenters. The van der Waals surface area contributed by atoms with Gasteiger partial charge in [0.25, 0.3) is 0 Å². The summed E-state index contributed by atoms with van der Waals surface area (Å²) in [5, 5.41) is 6.14. The lowest BCUT2D eigenvalue weighted by molar-refractivity contribution is 0.187. The predicted octanol–water partition coefficient (Wildman–Crippen LogP) is 1.46. The number of carbonyl (C=O) groups is 1. The van der Waals surface area contributed by atoms with Crippen LogP contribution in [0.4, 0.5) is 9.93 Å². The summed E-state index contributed by atoms with van der Waals surface area (Å²) in [6.45, 7) is 8.54. The van der Waals surface area contributed by atoms with Crippen LogP contribution in [0.15, 0.2) is 11.6 Å². The molecule has 7 heteroatoms. The van der Waals surface area contributed by atoms with Crippen LogP contribution in [0.2, 0.25) is 0 Å². The minimum atomic E-state index is 0.0739. The van der Waals surface area contributed by atoms with E-state index < -0.39 is 0 Å². The summed E-state index contributed by atoms with van der Waals surface area (Å²) < 4.78 is 0. The molecule has 22 heavy (non-hydrogen) atoms. The molecule has 2 aliphatic heterocycles. The minimum absolute atomic E-state index is 0.0739. The Hall–Kier alpha value is -1.34. The average molecular weight is 323 g/mol. The Labute approximate surface area is 136 Å². The van der Waals surface area contributed by atoms with Crippen LogP contribution in [-0.4, -0.2) is 72.7 Å². The lowest BCUT2D eigenvalue weighted by Gasteiger charge is -2.35. The highest BCUT2D eigenvalue weighted by Crippen LogP contribution is 2.18. The summed E-state index contributed by atoms with van der Waals surface area (Å²) in [6, 6.07) is 0.507. The number of nitrogens with one attached hydrogen (secondary N) is 1. The molecule has 1 aromatic heterocycles. The molecule has 2 aliphatic rings. The molecule has 0 bridgehead atoms. The van der Waals surface area contributed by atoms with E-state index >= 15 is 0 Å². The van der Waals surface area contributed by atoms with Gasteiger partial charge in [-0.15, -0.1) is 11.3 Å². The van der Waals surface area contributed by atoms with Crippen molar-refractivity contribution < 1.29 is 4.79 Å². The quantitative estimate of drug-likeness (QED) is 0.911. The maximum absolute atomic E-state index is 12.3. The highest BCUT2D eigenvalue weighted by Gasteiger charge is 2.23. The van der Waals surface area contributed by atoms with Gasteiger partial charge in [0, 0.05) is 50.3 Å². The van der Waals surface area contributed by atoms with Crippen molar-refractivity contribution in [1.82, 2.24) is 20.1 Å². The molecule has 122 valence electrons. The Morgan fingerprint density at radius 3 is 2.64 bits per heavy atom. The molecule has 0 aromatic carbocycles. The highest BCUT2D eigenvalue weighted by atomic mass is 32.1. The van der Waals surface area contributed by atoms with Crippen molar-refractivity contribution in [2.45, 2.75) is 25.8 Å². The summed E-state index contributed by atoms with van der Waals surface area (Å²) >= 11 is 1.66. The molecule has 0 aliphatic carbocycles. The SMILES string of the molecule is C[C@@H](CNC(=O)N1CCN(c2nccs2)CC1)N1CCCC1. The fourth-order valence-electron chi connectivity index (χ4n) is 3.13. The molecule has 2 amide bonds. The number of urea groups is 1. The van der Waals surface area contributed by atoms with Gasteiger partial charge < -0.3 is 15.1 Å². The van der Waals surface area contributed by atoms with Crippen LogP contribution in [0.25, 0.3) is 0 Å². The second-order valence-corrected chi connectivity index (χ2v) is 6.94. The Morgan fingerprint density at radius 1 is 1.27 bits per heavy atom. The molecule has 1 atom stereocenters. The maximum atomic E-state index is 12.3. The fraction of sp³-hybridized carbons (Fsp3) is 0.733. The van der Waals surface area contributed by atoms with Gasteiger partial charge in [-0.25, -0.2) is 9.78 Å². The number of likely N-dealkylation sites (tertiary alicyclic amines) is 1. The first kappa shape index (κ1) is 15.6. The van der Waals surface area contributed by atoms with Gasteiger partial charge in [0.15, 0.2) is 5.13 Å². The average Bonchev–Trinajstić information content (AvgIpc) is 3.25. The third-order valence-corrected chi connectivity index (χ3v) is 5.40. The predicted molar refractivity (Wildman–Crippen MR) is 89.6 cm³/mol. The first-order valence-electron chi connectivity index (χ1n) is 8.15. The van der Waals surface area contributed by atoms with Crippen molar-refractivity contribution in [3.05, 3.63) is 11.6 Å². The second kappa shape index (κ2) is 7.28. The number of nitrogens with zero attached hydrogens (tertiary/aromatic N) is 4. The van der Waals surface area contributed by atoms with Gasteiger partial charge in [0.1, 0.15) is 0 Å². The van der Waals surface area contributed by atoms with E-state index in [1.807, 2.05) is 16.5 Å². The normalized spacial score (nSPS) is 21.1. The summed E-state index contributed by atoms with van der Waals surface area (Å²) in [5.74, 6) is 0. The first-order chi connectivity index (χ1) is 10.7. The van der Waals surface area contributed by atoms with E-state index in [1.54, 1.807) is 11.3 Å². The Kier molecular flexibility index (Phi) is 5.15. The number of hydrogen-bond acceptors (Lipinski definition) is 5. The molecule has 2 fully saturated rings. The molecule has 1 N–H and O–H groups in total. The molecule has 2 saturated heterocycles. The van der Waals surface area contributed by atoms with Crippen molar-refractivity contribution >= 4 is 22.5 Å². The molecule has 0 saturated carbocycles. The van der Waals surface area contributed by atoms with Crippen LogP contribution in [0.3, 0.4) is 0 Å². The molecule has 0 spiro atoms. The number of carbonyl (C=O) groups excluding carboxylic acids is 1. The van der Waals surface area contributed by atoms with Gasteiger partial charge in [-0.2, -0.15) is 0 Å². The first-order valence-corrected chi connectivity index (χ1v) is 9.03. The van der Waals surface area contributed by atoms with Crippen molar-refractivity contribution in [3.8, 4) is 0 Å². The van der Waals surface area contributed by atoms with E-state index in [0.29, 0.717) is 6.04 Å². The zero-order valence-electron chi connectivity index (χ0n) is 13.2. The van der Waals surface area contributed by atoms with Gasteiger partial charge in [0.2, 0.25) is 0 Å². The third kappa shape index (κ3) is 3.70. The number of thiazole rings is 1. The van der Waals surface area contributed by atoms with Gasteiger partial charge >= 0.3 is 6.03 Å². The van der Waals surface area contributed by atoms with Crippen LogP contribution in [0, 0.1) is 0 Å². The zero-order valence-corrected chi connectivity index (χ0v) is 14.0. The Bertz CT molecular complexity index is 466. The third-order valence-electron chi connectivity index (χ3n) is 4.57. The lowest BCUT2D eigenvalue weighted by atomic mass is 10.3. The van der Waals surface area contributed by atoms with Crippen molar-refractivity contribution in [1.29, 1.82) is 0 Å². The lowest BCUT2D eigenvalue weighted by Crippen LogP contribution is -2.53. The van der Waals surface area contributed by atoms with E-state index in [1.165, 1.54) is 25.9 Å². The van der Waals surface area contributed by atoms with Crippen LogP contribution < -0.4 is 10.2 Å². The molecule has 1 aromatic rings. The van der Waals surface area contributed by atoms with Gasteiger partial charge in [-0.05, 0) is 32.9 Å². The Morgan fingerprint density at radius 2 is 2.00 bits per heavy atom. The Balaban J connectivity index is 1.40. The number of hydrogen-bond donors (Lipinski definition) is 1. The van der Waals surface area contributed by atoms with Crippen LogP contribution in [0.5, 0.6) is 0 Å². The smallest absolute Gasteiger partial charge is 0.317 e. The highest BCUT2D eigenvalue weighted by molar-refractivity contribution is 7.13. The van der Waals surface area contributed by atoms with E-state index in [2.05, 4.69) is 27.0 Å². The number of piperazine rings is 1. The van der Waals surface area contributed by atoms with Crippen LogP contribution >= 0.6 is 11.3 Å². The molecule has 3 heterocycles. The minimum Gasteiger partial charge on any atom is -0.345 e. The van der Waals surface area contributed by atoms with Gasteiger partial charge in [-0.1, -0.05) is 0 Å². The summed E-state index contributed by atoms with van der Waals surface area (Å²) in [5.41, 5.74) is 0. The van der Waals surface area contributed by atoms with E-state index in [-0.39, 0.29) is 6.03 Å². The van der Waals surface area contributed by atoms with E-state index in [4.69, 9.17) is 0 Å². The number of amides is 2. The molecule has 3 rings (SSSR count). The topological polar surface area (TPSA) is 51.7 Å². The molecular weight excluding hydrogens is 298 g/mol. The fourth-order valence-corrected chi connectivity index (χ4v) is 3.83.